The van der Waals surface area contributed by atoms with Crippen LogP contribution in [0.1, 0.15) is 5.82 Å². The number of nitrogens with zero attached hydrogens (tertiary/aromatic N) is 4. The smallest absolute Gasteiger partial charge is 0.260 e. The Balaban J connectivity index is 1.31. The van der Waals surface area contributed by atoms with E-state index in [4.69, 9.17) is 14.2 Å². The molecule has 1 aliphatic rings. The van der Waals surface area contributed by atoms with Crippen molar-refractivity contribution in [2.75, 3.05) is 44.8 Å². The van der Waals surface area contributed by atoms with Crippen LogP contribution in [0.25, 0.3) is 0 Å². The topological polar surface area (TPSA) is 77.0 Å². The van der Waals surface area contributed by atoms with Crippen LogP contribution < -0.4 is 19.1 Å². The number of para-hydroxylation sites is 1. The SMILES string of the molecule is COc1ccc(OCC(=O)N2CCN(c3cc(Oc4ccccc4)nc(C)n3)CC2)cc1. The number of benzene rings is 2. The fourth-order valence-electron chi connectivity index (χ4n) is 3.44. The van der Waals surface area contributed by atoms with E-state index < -0.39 is 0 Å². The number of carbonyl (C=O) groups excluding carboxylic acids is 1. The molecule has 32 heavy (non-hydrogen) atoms. The second kappa shape index (κ2) is 10.00. The van der Waals surface area contributed by atoms with E-state index in [1.54, 1.807) is 31.4 Å². The van der Waals surface area contributed by atoms with E-state index in [1.807, 2.05) is 48.2 Å². The van der Waals surface area contributed by atoms with Crippen LogP contribution in [0, 0.1) is 6.92 Å². The van der Waals surface area contributed by atoms with Crippen LogP contribution in [0.4, 0.5) is 5.82 Å². The van der Waals surface area contributed by atoms with Gasteiger partial charge in [0.05, 0.1) is 7.11 Å². The lowest BCUT2D eigenvalue weighted by atomic mass is 10.3. The number of amides is 1. The number of anilines is 1. The zero-order chi connectivity index (χ0) is 22.3. The van der Waals surface area contributed by atoms with E-state index in [-0.39, 0.29) is 12.5 Å². The number of ether oxygens (including phenoxy) is 3. The molecule has 8 nitrogen and oxygen atoms in total. The van der Waals surface area contributed by atoms with E-state index in [0.29, 0.717) is 43.6 Å². The molecule has 166 valence electrons. The van der Waals surface area contributed by atoms with Crippen LogP contribution in [0.2, 0.25) is 0 Å². The van der Waals surface area contributed by atoms with Crippen molar-refractivity contribution in [3.05, 3.63) is 66.5 Å². The normalized spacial score (nSPS) is 13.6. The summed E-state index contributed by atoms with van der Waals surface area (Å²) in [6, 6.07) is 18.6. The summed E-state index contributed by atoms with van der Waals surface area (Å²) in [6.07, 6.45) is 0. The Morgan fingerprint density at radius 2 is 1.59 bits per heavy atom. The number of hydrogen-bond donors (Lipinski definition) is 0. The van der Waals surface area contributed by atoms with Crippen LogP contribution in [-0.4, -0.2) is 60.7 Å². The Bertz CT molecular complexity index is 1040. The Morgan fingerprint density at radius 3 is 2.28 bits per heavy atom. The maximum Gasteiger partial charge on any atom is 0.260 e. The van der Waals surface area contributed by atoms with Gasteiger partial charge in [-0.2, -0.15) is 4.98 Å². The highest BCUT2D eigenvalue weighted by molar-refractivity contribution is 5.78. The fraction of sp³-hybridized carbons (Fsp3) is 0.292. The molecule has 0 spiro atoms. The monoisotopic (exact) mass is 434 g/mol. The molecule has 2 aromatic carbocycles. The summed E-state index contributed by atoms with van der Waals surface area (Å²) >= 11 is 0. The number of hydrogen-bond acceptors (Lipinski definition) is 7. The van der Waals surface area contributed by atoms with E-state index in [2.05, 4.69) is 14.9 Å². The van der Waals surface area contributed by atoms with Crippen molar-refractivity contribution in [3.8, 4) is 23.1 Å². The number of methoxy groups -OCH3 is 1. The van der Waals surface area contributed by atoms with Crippen molar-refractivity contribution in [2.45, 2.75) is 6.92 Å². The van der Waals surface area contributed by atoms with Gasteiger partial charge in [0.15, 0.2) is 6.61 Å². The van der Waals surface area contributed by atoms with E-state index in [0.717, 1.165) is 17.3 Å². The van der Waals surface area contributed by atoms with Crippen molar-refractivity contribution >= 4 is 11.7 Å². The number of rotatable bonds is 7. The first-order valence-electron chi connectivity index (χ1n) is 10.5. The predicted octanol–water partition coefficient (Wildman–Crippen LogP) is 3.31. The summed E-state index contributed by atoms with van der Waals surface area (Å²) in [5, 5.41) is 0. The third kappa shape index (κ3) is 5.46. The third-order valence-corrected chi connectivity index (χ3v) is 5.14. The van der Waals surface area contributed by atoms with Crippen LogP contribution >= 0.6 is 0 Å². The minimum atomic E-state index is -0.0348. The summed E-state index contributed by atoms with van der Waals surface area (Å²) in [6.45, 7) is 4.40. The van der Waals surface area contributed by atoms with E-state index >= 15 is 0 Å². The van der Waals surface area contributed by atoms with Gasteiger partial charge in [-0.05, 0) is 43.3 Å². The number of carbonyl (C=O) groups is 1. The average molecular weight is 434 g/mol. The van der Waals surface area contributed by atoms with Gasteiger partial charge in [-0.3, -0.25) is 4.79 Å². The predicted molar refractivity (Wildman–Crippen MR) is 121 cm³/mol. The highest BCUT2D eigenvalue weighted by Crippen LogP contribution is 2.24. The number of aryl methyl sites for hydroxylation is 1. The molecule has 0 unspecified atom stereocenters. The zero-order valence-electron chi connectivity index (χ0n) is 18.2. The molecular weight excluding hydrogens is 408 g/mol. The Hall–Kier alpha value is -3.81. The van der Waals surface area contributed by atoms with Crippen molar-refractivity contribution < 1.29 is 19.0 Å². The molecule has 1 aromatic heterocycles. The quantitative estimate of drug-likeness (QED) is 0.565. The molecular formula is C24H26N4O4. The van der Waals surface area contributed by atoms with Gasteiger partial charge in [-0.25, -0.2) is 4.98 Å². The molecule has 0 bridgehead atoms. The molecule has 1 aliphatic heterocycles. The average Bonchev–Trinajstić information content (AvgIpc) is 2.83. The first-order chi connectivity index (χ1) is 15.6. The highest BCUT2D eigenvalue weighted by Gasteiger charge is 2.23. The standard InChI is InChI=1S/C24H26N4O4/c1-18-25-22(16-23(26-18)32-21-6-4-3-5-7-21)27-12-14-28(15-13-27)24(29)17-31-20-10-8-19(30-2)9-11-20/h3-11,16H,12-15,17H2,1-2H3. The molecule has 0 atom stereocenters. The highest BCUT2D eigenvalue weighted by atomic mass is 16.5. The summed E-state index contributed by atoms with van der Waals surface area (Å²) in [5.74, 6) is 4.02. The molecule has 8 heteroatoms. The van der Waals surface area contributed by atoms with Gasteiger partial charge in [0.25, 0.3) is 5.91 Å². The fourth-order valence-corrected chi connectivity index (χ4v) is 3.44. The molecule has 0 N–H and O–H groups in total. The second-order valence-corrected chi connectivity index (χ2v) is 7.36. The molecule has 0 aliphatic carbocycles. The minimum Gasteiger partial charge on any atom is -0.497 e. The van der Waals surface area contributed by atoms with E-state index in [1.165, 1.54) is 0 Å². The summed E-state index contributed by atoms with van der Waals surface area (Å²) in [7, 11) is 1.61. The lowest BCUT2D eigenvalue weighted by Gasteiger charge is -2.35. The van der Waals surface area contributed by atoms with Crippen molar-refractivity contribution in [2.24, 2.45) is 0 Å². The number of aromatic nitrogens is 2. The molecule has 2 heterocycles. The molecule has 1 amide bonds. The lowest BCUT2D eigenvalue weighted by molar-refractivity contribution is -0.133. The largest absolute Gasteiger partial charge is 0.497 e. The van der Waals surface area contributed by atoms with Crippen LogP contribution in [0.3, 0.4) is 0 Å². The molecule has 1 saturated heterocycles. The molecule has 4 rings (SSSR count). The van der Waals surface area contributed by atoms with Gasteiger partial charge in [0, 0.05) is 32.2 Å². The van der Waals surface area contributed by atoms with Crippen LogP contribution in [-0.2, 0) is 4.79 Å². The summed E-state index contributed by atoms with van der Waals surface area (Å²) in [4.78, 5) is 25.5. The maximum absolute atomic E-state index is 12.6. The van der Waals surface area contributed by atoms with Gasteiger partial charge in [0.2, 0.25) is 5.88 Å². The Labute approximate surface area is 187 Å². The molecule has 0 radical (unpaired) electrons. The van der Waals surface area contributed by atoms with Gasteiger partial charge >= 0.3 is 0 Å². The van der Waals surface area contributed by atoms with Gasteiger partial charge in [-0.1, -0.05) is 18.2 Å². The maximum atomic E-state index is 12.6. The van der Waals surface area contributed by atoms with Gasteiger partial charge in [-0.15, -0.1) is 0 Å². The van der Waals surface area contributed by atoms with Crippen molar-refractivity contribution in [1.29, 1.82) is 0 Å². The summed E-state index contributed by atoms with van der Waals surface area (Å²) < 4.78 is 16.6. The molecule has 0 saturated carbocycles. The molecule has 1 fully saturated rings. The van der Waals surface area contributed by atoms with Crippen LogP contribution in [0.15, 0.2) is 60.7 Å². The third-order valence-electron chi connectivity index (χ3n) is 5.14. The first-order valence-corrected chi connectivity index (χ1v) is 10.5. The first kappa shape index (κ1) is 21.4. The zero-order valence-corrected chi connectivity index (χ0v) is 18.2. The lowest BCUT2D eigenvalue weighted by Crippen LogP contribution is -2.50. The van der Waals surface area contributed by atoms with Crippen molar-refractivity contribution in [1.82, 2.24) is 14.9 Å². The second-order valence-electron chi connectivity index (χ2n) is 7.36. The minimum absolute atomic E-state index is 0.00794. The van der Waals surface area contributed by atoms with Crippen molar-refractivity contribution in [3.63, 3.8) is 0 Å². The Morgan fingerprint density at radius 1 is 0.906 bits per heavy atom. The number of piperazine rings is 1. The summed E-state index contributed by atoms with van der Waals surface area (Å²) in [5.41, 5.74) is 0. The van der Waals surface area contributed by atoms with E-state index in [9.17, 15) is 4.79 Å². The van der Waals surface area contributed by atoms with Crippen LogP contribution in [0.5, 0.6) is 23.1 Å². The van der Waals surface area contributed by atoms with Gasteiger partial charge in [0.1, 0.15) is 28.9 Å². The molecule has 3 aromatic rings. The van der Waals surface area contributed by atoms with Gasteiger partial charge < -0.3 is 24.0 Å². The Kier molecular flexibility index (Phi) is 6.69.